The maximum atomic E-state index is 13.0. The van der Waals surface area contributed by atoms with Crippen molar-refractivity contribution in [1.82, 2.24) is 15.2 Å². The maximum absolute atomic E-state index is 13.0. The summed E-state index contributed by atoms with van der Waals surface area (Å²) in [4.78, 5) is 3.27. The van der Waals surface area contributed by atoms with Gasteiger partial charge in [0, 0.05) is 23.4 Å². The molecule has 3 rings (SSSR count). The van der Waals surface area contributed by atoms with E-state index >= 15 is 0 Å². The molecule has 26 heavy (non-hydrogen) atoms. The van der Waals surface area contributed by atoms with Gasteiger partial charge in [0.25, 0.3) is 15.9 Å². The number of aryl methyl sites for hydroxylation is 3. The van der Waals surface area contributed by atoms with Gasteiger partial charge < -0.3 is 9.40 Å². The quantitative estimate of drug-likeness (QED) is 0.686. The highest BCUT2D eigenvalue weighted by Crippen LogP contribution is 2.31. The Morgan fingerprint density at radius 2 is 1.92 bits per heavy atom. The van der Waals surface area contributed by atoms with Crippen LogP contribution in [0.2, 0.25) is 0 Å². The average molecular weight is 374 g/mol. The van der Waals surface area contributed by atoms with Gasteiger partial charge in [-0.05, 0) is 38.0 Å². The fourth-order valence-corrected chi connectivity index (χ4v) is 4.41. The first kappa shape index (κ1) is 18.2. The summed E-state index contributed by atoms with van der Waals surface area (Å²) in [6, 6.07) is 7.37. The molecule has 3 aromatic rings. The third-order valence-electron chi connectivity index (χ3n) is 4.21. The van der Waals surface area contributed by atoms with Crippen molar-refractivity contribution in [2.75, 3.05) is 4.72 Å². The lowest BCUT2D eigenvalue weighted by Gasteiger charge is -2.10. The molecule has 2 aromatic heterocycles. The Labute approximate surface area is 152 Å². The predicted molar refractivity (Wildman–Crippen MR) is 99.6 cm³/mol. The Morgan fingerprint density at radius 1 is 1.15 bits per heavy atom. The van der Waals surface area contributed by atoms with Gasteiger partial charge in [-0.1, -0.05) is 26.0 Å². The molecule has 0 amide bonds. The van der Waals surface area contributed by atoms with Crippen LogP contribution in [-0.4, -0.2) is 23.6 Å². The molecule has 0 saturated carbocycles. The van der Waals surface area contributed by atoms with E-state index in [-0.39, 0.29) is 10.8 Å². The monoisotopic (exact) mass is 374 g/mol. The van der Waals surface area contributed by atoms with E-state index in [9.17, 15) is 8.42 Å². The number of anilines is 1. The van der Waals surface area contributed by atoms with Crippen LogP contribution < -0.4 is 4.72 Å². The first-order valence-corrected chi connectivity index (χ1v) is 9.97. The predicted octanol–water partition coefficient (Wildman–Crippen LogP) is 3.61. The Hall–Kier alpha value is -2.61. The minimum atomic E-state index is -3.76. The molecule has 0 radical (unpaired) electrons. The minimum absolute atomic E-state index is 0.200. The number of aromatic amines is 1. The SMILES string of the molecule is CCc1cccc(NS(=O)(=O)c2c(C)[nH]c(-c3nnc(CC)o3)c2C)c1. The Morgan fingerprint density at radius 3 is 2.58 bits per heavy atom. The first-order valence-electron chi connectivity index (χ1n) is 8.49. The molecule has 2 heterocycles. The number of nitrogens with zero attached hydrogens (tertiary/aromatic N) is 2. The van der Waals surface area contributed by atoms with Crippen molar-refractivity contribution in [3.8, 4) is 11.6 Å². The van der Waals surface area contributed by atoms with E-state index in [1.807, 2.05) is 32.0 Å². The van der Waals surface area contributed by atoms with E-state index in [2.05, 4.69) is 19.9 Å². The summed E-state index contributed by atoms with van der Waals surface area (Å²) < 4.78 is 34.1. The Bertz CT molecular complexity index is 1030. The van der Waals surface area contributed by atoms with Crippen LogP contribution >= 0.6 is 0 Å². The molecule has 0 saturated heterocycles. The van der Waals surface area contributed by atoms with Gasteiger partial charge in [0.15, 0.2) is 0 Å². The Kier molecular flexibility index (Phi) is 4.86. The largest absolute Gasteiger partial charge is 0.419 e. The summed E-state index contributed by atoms with van der Waals surface area (Å²) in [5.74, 6) is 0.794. The summed E-state index contributed by atoms with van der Waals surface area (Å²) in [5.41, 5.74) is 3.20. The van der Waals surface area contributed by atoms with Crippen LogP contribution in [0.25, 0.3) is 11.6 Å². The van der Waals surface area contributed by atoms with Crippen LogP contribution in [0, 0.1) is 13.8 Å². The lowest BCUT2D eigenvalue weighted by molar-refractivity contribution is 0.511. The molecule has 7 nitrogen and oxygen atoms in total. The van der Waals surface area contributed by atoms with Crippen LogP contribution in [0.15, 0.2) is 33.6 Å². The highest BCUT2D eigenvalue weighted by Gasteiger charge is 2.26. The molecular weight excluding hydrogens is 352 g/mol. The highest BCUT2D eigenvalue weighted by atomic mass is 32.2. The van der Waals surface area contributed by atoms with Gasteiger partial charge >= 0.3 is 0 Å². The molecule has 1 aromatic carbocycles. The van der Waals surface area contributed by atoms with Gasteiger partial charge in [-0.2, -0.15) is 0 Å². The van der Waals surface area contributed by atoms with Gasteiger partial charge in [0.05, 0.1) is 0 Å². The molecule has 0 bridgehead atoms. The number of H-pyrrole nitrogens is 1. The second kappa shape index (κ2) is 6.95. The van der Waals surface area contributed by atoms with Crippen LogP contribution in [0.4, 0.5) is 5.69 Å². The van der Waals surface area contributed by atoms with Crippen LogP contribution in [0.3, 0.4) is 0 Å². The zero-order valence-corrected chi connectivity index (χ0v) is 16.1. The number of nitrogens with one attached hydrogen (secondary N) is 2. The lowest BCUT2D eigenvalue weighted by Crippen LogP contribution is -2.14. The molecular formula is C18H22N4O3S. The molecule has 0 aliphatic heterocycles. The van der Waals surface area contributed by atoms with Crippen molar-refractivity contribution < 1.29 is 12.8 Å². The van der Waals surface area contributed by atoms with E-state index < -0.39 is 10.0 Å². The summed E-state index contributed by atoms with van der Waals surface area (Å²) in [6.07, 6.45) is 1.45. The Balaban J connectivity index is 1.99. The lowest BCUT2D eigenvalue weighted by atomic mass is 10.1. The summed E-state index contributed by atoms with van der Waals surface area (Å²) in [6.45, 7) is 7.37. The molecule has 0 aliphatic carbocycles. The second-order valence-electron chi connectivity index (χ2n) is 6.09. The third-order valence-corrected chi connectivity index (χ3v) is 5.86. The summed E-state index contributed by atoms with van der Waals surface area (Å²) >= 11 is 0. The second-order valence-corrected chi connectivity index (χ2v) is 7.71. The number of benzene rings is 1. The van der Waals surface area contributed by atoms with Crippen molar-refractivity contribution in [1.29, 1.82) is 0 Å². The smallest absolute Gasteiger partial charge is 0.264 e. The molecule has 0 unspecified atom stereocenters. The summed E-state index contributed by atoms with van der Waals surface area (Å²) in [7, 11) is -3.76. The molecule has 0 atom stereocenters. The molecule has 0 spiro atoms. The molecule has 0 fully saturated rings. The fraction of sp³-hybridized carbons (Fsp3) is 0.333. The zero-order valence-electron chi connectivity index (χ0n) is 15.3. The van der Waals surface area contributed by atoms with E-state index in [1.54, 1.807) is 19.9 Å². The summed E-state index contributed by atoms with van der Waals surface area (Å²) in [5, 5.41) is 7.94. The number of hydrogen-bond donors (Lipinski definition) is 2. The van der Waals surface area contributed by atoms with Crippen molar-refractivity contribution in [2.24, 2.45) is 0 Å². The van der Waals surface area contributed by atoms with E-state index in [0.717, 1.165) is 12.0 Å². The fourth-order valence-electron chi connectivity index (χ4n) is 2.91. The van der Waals surface area contributed by atoms with Gasteiger partial charge in [-0.25, -0.2) is 8.42 Å². The van der Waals surface area contributed by atoms with Crippen LogP contribution in [0.5, 0.6) is 0 Å². The first-order chi connectivity index (χ1) is 12.4. The van der Waals surface area contributed by atoms with E-state index in [4.69, 9.17) is 4.42 Å². The molecule has 2 N–H and O–H groups in total. The molecule has 0 aliphatic rings. The number of aromatic nitrogens is 3. The third kappa shape index (κ3) is 3.37. The van der Waals surface area contributed by atoms with E-state index in [0.29, 0.717) is 35.0 Å². The van der Waals surface area contributed by atoms with Crippen LogP contribution in [-0.2, 0) is 22.9 Å². The zero-order chi connectivity index (χ0) is 18.9. The van der Waals surface area contributed by atoms with Gasteiger partial charge in [-0.3, -0.25) is 4.72 Å². The molecule has 8 heteroatoms. The van der Waals surface area contributed by atoms with E-state index in [1.165, 1.54) is 0 Å². The van der Waals surface area contributed by atoms with Crippen molar-refractivity contribution in [3.05, 3.63) is 47.0 Å². The normalized spacial score (nSPS) is 11.7. The van der Waals surface area contributed by atoms with Crippen molar-refractivity contribution in [2.45, 2.75) is 45.4 Å². The maximum Gasteiger partial charge on any atom is 0.264 e. The van der Waals surface area contributed by atoms with Crippen LogP contribution in [0.1, 0.15) is 36.6 Å². The van der Waals surface area contributed by atoms with Gasteiger partial charge in [0.2, 0.25) is 5.89 Å². The average Bonchev–Trinajstić information content (AvgIpc) is 3.18. The number of rotatable bonds is 6. The van der Waals surface area contributed by atoms with Crippen molar-refractivity contribution >= 4 is 15.7 Å². The standard InChI is InChI=1S/C18H22N4O3S/c1-5-13-8-7-9-14(10-13)22-26(23,24)17-11(3)16(19-12(17)4)18-21-20-15(6-2)25-18/h7-10,19,22H,5-6H2,1-4H3. The minimum Gasteiger partial charge on any atom is -0.419 e. The number of hydrogen-bond acceptors (Lipinski definition) is 5. The number of sulfonamides is 1. The molecule has 138 valence electrons. The topological polar surface area (TPSA) is 101 Å². The van der Waals surface area contributed by atoms with Gasteiger partial charge in [-0.15, -0.1) is 10.2 Å². The highest BCUT2D eigenvalue weighted by molar-refractivity contribution is 7.92. The van der Waals surface area contributed by atoms with Gasteiger partial charge in [0.1, 0.15) is 10.6 Å². The van der Waals surface area contributed by atoms with Crippen molar-refractivity contribution in [3.63, 3.8) is 0 Å².